The Labute approximate surface area is 216 Å². The molecule has 0 unspecified atom stereocenters. The molecule has 2 aromatic carbocycles. The summed E-state index contributed by atoms with van der Waals surface area (Å²) in [7, 11) is -2.10. The first-order chi connectivity index (χ1) is 16.7. The number of para-hydroxylation sites is 1. The third kappa shape index (κ3) is 7.65. The van der Waals surface area contributed by atoms with E-state index in [2.05, 4.69) is 10.6 Å². The number of ether oxygens (including phenoxy) is 1. The number of carbonyl (C=O) groups is 2. The van der Waals surface area contributed by atoms with Crippen LogP contribution in [-0.2, 0) is 25.3 Å². The van der Waals surface area contributed by atoms with Crippen molar-refractivity contribution >= 4 is 50.7 Å². The van der Waals surface area contributed by atoms with Crippen LogP contribution in [0, 0.1) is 5.92 Å². The Morgan fingerprint density at radius 2 is 1.94 bits per heavy atom. The molecule has 1 saturated heterocycles. The molecule has 0 saturated carbocycles. The number of sulfonamides is 1. The monoisotopic (exact) mass is 541 g/mol. The molecular weight excluding hydrogens is 513 g/mol. The summed E-state index contributed by atoms with van der Waals surface area (Å²) >= 11 is 12.1. The van der Waals surface area contributed by atoms with Gasteiger partial charge in [0.15, 0.2) is 0 Å². The van der Waals surface area contributed by atoms with E-state index in [1.807, 2.05) is 0 Å². The van der Waals surface area contributed by atoms with Crippen LogP contribution in [0.1, 0.15) is 35.2 Å². The van der Waals surface area contributed by atoms with E-state index in [9.17, 15) is 18.0 Å². The van der Waals surface area contributed by atoms with Crippen LogP contribution in [0.2, 0.25) is 10.0 Å². The molecule has 0 spiro atoms. The van der Waals surface area contributed by atoms with Gasteiger partial charge in [-0.1, -0.05) is 41.4 Å². The summed E-state index contributed by atoms with van der Waals surface area (Å²) in [5.74, 6) is -1.44. The number of halogens is 2. The van der Waals surface area contributed by atoms with Crippen molar-refractivity contribution in [3.63, 3.8) is 0 Å². The number of hydrogen-bond donors (Lipinski definition) is 2. The fraction of sp³-hybridized carbons (Fsp3) is 0.417. The maximum atomic E-state index is 13.0. The van der Waals surface area contributed by atoms with Crippen LogP contribution < -0.4 is 10.6 Å². The zero-order chi connectivity index (χ0) is 25.4. The Morgan fingerprint density at radius 3 is 2.69 bits per heavy atom. The topological polar surface area (TPSA) is 105 Å². The van der Waals surface area contributed by atoms with Gasteiger partial charge in [0.25, 0.3) is 5.91 Å². The molecule has 3 rings (SSSR count). The first-order valence-corrected chi connectivity index (χ1v) is 13.7. The van der Waals surface area contributed by atoms with E-state index in [-0.39, 0.29) is 29.1 Å². The Bertz CT molecular complexity index is 1160. The Kier molecular flexibility index (Phi) is 9.94. The Morgan fingerprint density at radius 1 is 1.17 bits per heavy atom. The predicted molar refractivity (Wildman–Crippen MR) is 137 cm³/mol. The van der Waals surface area contributed by atoms with Crippen LogP contribution in [-0.4, -0.2) is 57.9 Å². The normalized spacial score (nSPS) is 16.6. The van der Waals surface area contributed by atoms with E-state index in [4.69, 9.17) is 27.9 Å². The van der Waals surface area contributed by atoms with Crippen molar-refractivity contribution in [2.24, 2.45) is 5.92 Å². The molecule has 2 N–H and O–H groups in total. The molecule has 190 valence electrons. The van der Waals surface area contributed by atoms with Crippen molar-refractivity contribution in [2.45, 2.75) is 25.0 Å². The maximum absolute atomic E-state index is 13.0. The van der Waals surface area contributed by atoms with Gasteiger partial charge in [-0.15, -0.1) is 0 Å². The van der Waals surface area contributed by atoms with Crippen molar-refractivity contribution in [1.29, 1.82) is 0 Å². The molecule has 1 aliphatic heterocycles. The number of rotatable bonds is 10. The molecule has 1 aliphatic rings. The number of benzene rings is 2. The number of carbonyl (C=O) groups excluding carboxylic acids is 2. The lowest BCUT2D eigenvalue weighted by Crippen LogP contribution is -2.44. The highest BCUT2D eigenvalue weighted by molar-refractivity contribution is 7.88. The van der Waals surface area contributed by atoms with Gasteiger partial charge in [-0.05, 0) is 49.1 Å². The minimum absolute atomic E-state index is 0.0603. The molecule has 8 nitrogen and oxygen atoms in total. The molecule has 0 radical (unpaired) electrons. The van der Waals surface area contributed by atoms with E-state index < -0.39 is 15.9 Å². The zero-order valence-corrected chi connectivity index (χ0v) is 21.8. The number of anilines is 1. The van der Waals surface area contributed by atoms with Gasteiger partial charge in [-0.25, -0.2) is 12.7 Å². The van der Waals surface area contributed by atoms with Crippen molar-refractivity contribution in [1.82, 2.24) is 9.62 Å². The third-order valence-corrected chi connectivity index (χ3v) is 8.12. The summed E-state index contributed by atoms with van der Waals surface area (Å²) < 4.78 is 32.4. The van der Waals surface area contributed by atoms with Gasteiger partial charge < -0.3 is 15.4 Å². The second-order valence-electron chi connectivity index (χ2n) is 8.33. The SMILES string of the molecule is COCCCNC(=O)c1ccccc1NC(=O)[C@@H]1CCCN(S(=O)(=O)Cc2ccc(Cl)cc2Cl)C1. The van der Waals surface area contributed by atoms with Gasteiger partial charge in [0.05, 0.1) is 22.9 Å². The van der Waals surface area contributed by atoms with Crippen LogP contribution in [0.15, 0.2) is 42.5 Å². The predicted octanol–water partition coefficient (Wildman–Crippen LogP) is 3.94. The highest BCUT2D eigenvalue weighted by Gasteiger charge is 2.33. The van der Waals surface area contributed by atoms with Gasteiger partial charge in [-0.2, -0.15) is 0 Å². The third-order valence-electron chi connectivity index (χ3n) is 5.74. The summed E-state index contributed by atoms with van der Waals surface area (Å²) in [6, 6.07) is 11.4. The second-order valence-corrected chi connectivity index (χ2v) is 11.1. The number of nitrogens with zero attached hydrogens (tertiary/aromatic N) is 1. The molecule has 1 atom stereocenters. The first-order valence-electron chi connectivity index (χ1n) is 11.3. The minimum Gasteiger partial charge on any atom is -0.385 e. The lowest BCUT2D eigenvalue weighted by Gasteiger charge is -2.31. The number of hydrogen-bond acceptors (Lipinski definition) is 5. The number of methoxy groups -OCH3 is 1. The number of nitrogens with one attached hydrogen (secondary N) is 2. The number of amides is 2. The zero-order valence-electron chi connectivity index (χ0n) is 19.4. The van der Waals surface area contributed by atoms with Gasteiger partial charge >= 0.3 is 0 Å². The van der Waals surface area contributed by atoms with Crippen LogP contribution >= 0.6 is 23.2 Å². The molecule has 35 heavy (non-hydrogen) atoms. The molecule has 1 heterocycles. The standard InChI is InChI=1S/C24H29Cl2N3O5S/c1-34-13-5-11-27-24(31)20-7-2-3-8-22(20)28-23(30)17-6-4-12-29(15-17)35(32,33)16-18-9-10-19(25)14-21(18)26/h2-3,7-10,14,17H,4-6,11-13,15-16H2,1H3,(H,27,31)(H,28,30)/t17-/m1/s1. The summed E-state index contributed by atoms with van der Waals surface area (Å²) in [6.07, 6.45) is 1.77. The summed E-state index contributed by atoms with van der Waals surface area (Å²) in [4.78, 5) is 25.6. The molecular formula is C24H29Cl2N3O5S. The van der Waals surface area contributed by atoms with Crippen molar-refractivity contribution < 1.29 is 22.7 Å². The van der Waals surface area contributed by atoms with E-state index in [1.54, 1.807) is 43.5 Å². The van der Waals surface area contributed by atoms with Gasteiger partial charge in [-0.3, -0.25) is 9.59 Å². The molecule has 11 heteroatoms. The number of piperidine rings is 1. The van der Waals surface area contributed by atoms with E-state index >= 15 is 0 Å². The van der Waals surface area contributed by atoms with E-state index in [0.29, 0.717) is 60.8 Å². The maximum Gasteiger partial charge on any atom is 0.253 e. The molecule has 0 aromatic heterocycles. The Balaban J connectivity index is 1.65. The van der Waals surface area contributed by atoms with Crippen LogP contribution in [0.5, 0.6) is 0 Å². The quantitative estimate of drug-likeness (QED) is 0.443. The lowest BCUT2D eigenvalue weighted by molar-refractivity contribution is -0.120. The highest BCUT2D eigenvalue weighted by atomic mass is 35.5. The van der Waals surface area contributed by atoms with Crippen molar-refractivity contribution in [3.8, 4) is 0 Å². The molecule has 1 fully saturated rings. The lowest BCUT2D eigenvalue weighted by atomic mass is 9.98. The molecule has 2 amide bonds. The smallest absolute Gasteiger partial charge is 0.253 e. The van der Waals surface area contributed by atoms with Gasteiger partial charge in [0, 0.05) is 43.4 Å². The summed E-state index contributed by atoms with van der Waals surface area (Å²) in [5.41, 5.74) is 1.18. The molecule has 0 aliphatic carbocycles. The molecule has 2 aromatic rings. The molecule has 0 bridgehead atoms. The van der Waals surface area contributed by atoms with E-state index in [1.165, 1.54) is 10.4 Å². The van der Waals surface area contributed by atoms with Crippen molar-refractivity contribution in [3.05, 3.63) is 63.6 Å². The Hall–Kier alpha value is -2.17. The van der Waals surface area contributed by atoms with Crippen LogP contribution in [0.4, 0.5) is 5.69 Å². The largest absolute Gasteiger partial charge is 0.385 e. The fourth-order valence-corrected chi connectivity index (χ4v) is 6.07. The average molecular weight is 542 g/mol. The van der Waals surface area contributed by atoms with Crippen molar-refractivity contribution in [2.75, 3.05) is 38.7 Å². The minimum atomic E-state index is -3.70. The highest BCUT2D eigenvalue weighted by Crippen LogP contribution is 2.27. The van der Waals surface area contributed by atoms with E-state index in [0.717, 1.165) is 0 Å². The summed E-state index contributed by atoms with van der Waals surface area (Å²) in [6.45, 7) is 1.37. The van der Waals surface area contributed by atoms with Crippen LogP contribution in [0.25, 0.3) is 0 Å². The average Bonchev–Trinajstić information content (AvgIpc) is 2.84. The second kappa shape index (κ2) is 12.7. The fourth-order valence-electron chi connectivity index (χ4n) is 3.87. The first kappa shape index (κ1) is 27.4. The van der Waals surface area contributed by atoms with Crippen LogP contribution in [0.3, 0.4) is 0 Å². The van der Waals surface area contributed by atoms with Gasteiger partial charge in [0.1, 0.15) is 0 Å². The van der Waals surface area contributed by atoms with Gasteiger partial charge in [0.2, 0.25) is 15.9 Å². The summed E-state index contributed by atoms with van der Waals surface area (Å²) in [5, 5.41) is 6.33.